The minimum atomic E-state index is -0.0278. The molecule has 0 aliphatic heterocycles. The summed E-state index contributed by atoms with van der Waals surface area (Å²) >= 11 is 7.44. The predicted octanol–water partition coefficient (Wildman–Crippen LogP) is 1.01. The first-order valence-corrected chi connectivity index (χ1v) is 1.96. The summed E-state index contributed by atoms with van der Waals surface area (Å²) in [6.07, 6.45) is 0. The molecule has 0 aromatic rings. The van der Waals surface area contributed by atoms with Crippen molar-refractivity contribution in [1.29, 1.82) is 0 Å². The summed E-state index contributed by atoms with van der Waals surface area (Å²) in [6, 6.07) is 0. The van der Waals surface area contributed by atoms with E-state index in [0.29, 0.717) is 0 Å². The van der Waals surface area contributed by atoms with Gasteiger partial charge in [-0.2, -0.15) is 25.3 Å². The zero-order valence-electron chi connectivity index (χ0n) is 2.18. The molecule has 0 N–H and O–H groups in total. The number of hydrogen-bond donors (Lipinski definition) is 2. The Morgan fingerprint density at radius 2 is 1.50 bits per heavy atom. The van der Waals surface area contributed by atoms with Crippen LogP contribution in [0, 0.1) is 6.92 Å². The molecular weight excluding hydrogens is 88.2 g/mol. The van der Waals surface area contributed by atoms with Crippen molar-refractivity contribution >= 4 is 25.3 Å². The van der Waals surface area contributed by atoms with Gasteiger partial charge in [-0.1, -0.05) is 0 Å². The molecule has 0 nitrogen and oxygen atoms in total. The van der Waals surface area contributed by atoms with Crippen LogP contribution in [-0.2, 0) is 0 Å². The molecule has 4 heavy (non-hydrogen) atoms. The lowest BCUT2D eigenvalue weighted by Gasteiger charge is -1.77. The van der Waals surface area contributed by atoms with Gasteiger partial charge in [0.05, 0.1) is 0 Å². The molecule has 2 heteroatoms. The number of thiol groups is 2. The lowest BCUT2D eigenvalue weighted by Crippen LogP contribution is -1.65. The largest absolute Gasteiger partial charge is 0.165 e. The molecule has 0 atom stereocenters. The van der Waals surface area contributed by atoms with Crippen LogP contribution < -0.4 is 0 Å². The molecule has 0 amide bonds. The molecule has 1 radical (unpaired) electrons. The normalized spacial score (nSPS) is 9.00. The number of rotatable bonds is 0. The van der Waals surface area contributed by atoms with E-state index in [0.717, 1.165) is 0 Å². The van der Waals surface area contributed by atoms with Crippen molar-refractivity contribution in [2.75, 3.05) is 0 Å². The van der Waals surface area contributed by atoms with Crippen LogP contribution in [0.3, 0.4) is 0 Å². The fourth-order valence-corrected chi connectivity index (χ4v) is 0. The minimum Gasteiger partial charge on any atom is -0.165 e. The minimum absolute atomic E-state index is 0.0278. The molecule has 0 aliphatic rings. The van der Waals surface area contributed by atoms with Gasteiger partial charge in [-0.05, 0) is 6.92 Å². The van der Waals surface area contributed by atoms with Crippen LogP contribution in [0.15, 0.2) is 0 Å². The Morgan fingerprint density at radius 3 is 1.50 bits per heavy atom. The van der Waals surface area contributed by atoms with Crippen LogP contribution >= 0.6 is 25.3 Å². The molecule has 0 aliphatic carbocycles. The molecule has 0 saturated heterocycles. The SMILES string of the molecule is [CH2]C(S)S. The standard InChI is InChI=1S/C2H5S2/c1-2(3)4/h2-4H,1H2. The Labute approximate surface area is 37.4 Å². The highest BCUT2D eigenvalue weighted by molar-refractivity contribution is 7.99. The van der Waals surface area contributed by atoms with Gasteiger partial charge in [-0.25, -0.2) is 0 Å². The summed E-state index contributed by atoms with van der Waals surface area (Å²) in [6.45, 7) is 3.37. The molecule has 0 saturated carbocycles. The molecular formula is C2H5S2. The summed E-state index contributed by atoms with van der Waals surface area (Å²) in [5.74, 6) is 0. The van der Waals surface area contributed by atoms with E-state index in [9.17, 15) is 0 Å². The monoisotopic (exact) mass is 93.0 g/mol. The summed E-state index contributed by atoms with van der Waals surface area (Å²) in [5.41, 5.74) is 0. The summed E-state index contributed by atoms with van der Waals surface area (Å²) in [4.78, 5) is 0. The third-order valence-corrected chi connectivity index (χ3v) is 0. The van der Waals surface area contributed by atoms with E-state index in [2.05, 4.69) is 32.2 Å². The van der Waals surface area contributed by atoms with Gasteiger partial charge in [0.2, 0.25) is 0 Å². The van der Waals surface area contributed by atoms with Crippen molar-refractivity contribution < 1.29 is 0 Å². The fourth-order valence-electron chi connectivity index (χ4n) is 0. The van der Waals surface area contributed by atoms with Gasteiger partial charge in [-0.15, -0.1) is 0 Å². The summed E-state index contributed by atoms with van der Waals surface area (Å²) in [7, 11) is 0. The van der Waals surface area contributed by atoms with Gasteiger partial charge in [0, 0.05) is 4.58 Å². The van der Waals surface area contributed by atoms with Crippen LogP contribution in [0.4, 0.5) is 0 Å². The van der Waals surface area contributed by atoms with Crippen LogP contribution in [0.5, 0.6) is 0 Å². The summed E-state index contributed by atoms with van der Waals surface area (Å²) < 4.78 is -0.0278. The third-order valence-electron chi connectivity index (χ3n) is 0. The molecule has 0 bridgehead atoms. The maximum atomic E-state index is 3.72. The lowest BCUT2D eigenvalue weighted by molar-refractivity contribution is 1.73. The summed E-state index contributed by atoms with van der Waals surface area (Å²) in [5, 5.41) is 0. The number of hydrogen-bond acceptors (Lipinski definition) is 2. The molecule has 0 fully saturated rings. The van der Waals surface area contributed by atoms with E-state index < -0.39 is 0 Å². The van der Waals surface area contributed by atoms with Crippen molar-refractivity contribution in [3.8, 4) is 0 Å². The Balaban J connectivity index is 2.32. The quantitative estimate of drug-likeness (QED) is 0.324. The second kappa shape index (κ2) is 1.97. The lowest BCUT2D eigenvalue weighted by atomic mass is 11.0. The van der Waals surface area contributed by atoms with E-state index in [-0.39, 0.29) is 4.58 Å². The Hall–Kier alpha value is 0.700. The van der Waals surface area contributed by atoms with E-state index in [4.69, 9.17) is 0 Å². The van der Waals surface area contributed by atoms with Crippen LogP contribution in [0.2, 0.25) is 0 Å². The first kappa shape index (κ1) is 4.70. The van der Waals surface area contributed by atoms with Crippen molar-refractivity contribution in [2.24, 2.45) is 0 Å². The van der Waals surface area contributed by atoms with E-state index in [1.807, 2.05) is 0 Å². The zero-order chi connectivity index (χ0) is 3.58. The fraction of sp³-hybridized carbons (Fsp3) is 0.500. The highest BCUT2D eigenvalue weighted by atomic mass is 32.2. The maximum Gasteiger partial charge on any atom is 0.0443 e. The van der Waals surface area contributed by atoms with Gasteiger partial charge < -0.3 is 0 Å². The first-order valence-electron chi connectivity index (χ1n) is 0.925. The first-order chi connectivity index (χ1) is 1.73. The highest BCUT2D eigenvalue weighted by Gasteiger charge is 1.70. The van der Waals surface area contributed by atoms with Crippen LogP contribution in [0.1, 0.15) is 0 Å². The zero-order valence-corrected chi connectivity index (χ0v) is 3.97. The molecule has 0 rings (SSSR count). The molecule has 0 spiro atoms. The van der Waals surface area contributed by atoms with Gasteiger partial charge in [0.25, 0.3) is 0 Å². The molecule has 0 unspecified atom stereocenters. The topological polar surface area (TPSA) is 0 Å². The van der Waals surface area contributed by atoms with Gasteiger partial charge in [-0.3, -0.25) is 0 Å². The van der Waals surface area contributed by atoms with Crippen LogP contribution in [0.25, 0.3) is 0 Å². The highest BCUT2D eigenvalue weighted by Crippen LogP contribution is 1.92. The van der Waals surface area contributed by atoms with Crippen molar-refractivity contribution in [3.63, 3.8) is 0 Å². The average Bonchev–Trinajstić information content (AvgIpc) is 0.811. The Morgan fingerprint density at radius 1 is 1.50 bits per heavy atom. The molecule has 0 heterocycles. The van der Waals surface area contributed by atoms with Gasteiger partial charge in [0.1, 0.15) is 0 Å². The van der Waals surface area contributed by atoms with Gasteiger partial charge in [0.15, 0.2) is 0 Å². The Kier molecular flexibility index (Phi) is 2.32. The van der Waals surface area contributed by atoms with Gasteiger partial charge >= 0.3 is 0 Å². The Bertz CT molecular complexity index is 8.75. The van der Waals surface area contributed by atoms with E-state index in [1.54, 1.807) is 0 Å². The van der Waals surface area contributed by atoms with Crippen molar-refractivity contribution in [1.82, 2.24) is 0 Å². The second-order valence-electron chi connectivity index (χ2n) is 0.481. The van der Waals surface area contributed by atoms with Crippen LogP contribution in [-0.4, -0.2) is 4.58 Å². The van der Waals surface area contributed by atoms with Crippen molar-refractivity contribution in [2.45, 2.75) is 4.58 Å². The molecule has 0 aromatic heterocycles. The second-order valence-corrected chi connectivity index (χ2v) is 2.13. The third kappa shape index (κ3) is 15.9. The van der Waals surface area contributed by atoms with E-state index in [1.165, 1.54) is 0 Å². The predicted molar refractivity (Wildman–Crippen MR) is 27.1 cm³/mol. The molecule has 0 aromatic carbocycles. The molecule has 25 valence electrons. The van der Waals surface area contributed by atoms with Crippen molar-refractivity contribution in [3.05, 3.63) is 6.92 Å². The maximum absolute atomic E-state index is 3.72. The van der Waals surface area contributed by atoms with E-state index >= 15 is 0 Å². The smallest absolute Gasteiger partial charge is 0.0443 e. The average molecular weight is 93.2 g/mol.